The number of halogens is 3. The smallest absolute Gasteiger partial charge is 0.475 e. The number of nitrogens with zero attached hydrogens (tertiary/aromatic N) is 3. The third-order valence-corrected chi connectivity index (χ3v) is 8.40. The number of hydrogen-bond acceptors (Lipinski definition) is 6. The van der Waals surface area contributed by atoms with Crippen LogP contribution in [0.5, 0.6) is 0 Å². The number of carboxylic acids is 1. The van der Waals surface area contributed by atoms with Crippen LogP contribution in [0.1, 0.15) is 33.1 Å². The van der Waals surface area contributed by atoms with Gasteiger partial charge in [0.1, 0.15) is 0 Å². The van der Waals surface area contributed by atoms with Crippen molar-refractivity contribution in [2.24, 2.45) is 5.41 Å². The Labute approximate surface area is 186 Å². The molecule has 3 rings (SSSR count). The molecule has 0 aromatic rings. The van der Waals surface area contributed by atoms with Crippen molar-refractivity contribution >= 4 is 21.9 Å². The Kier molecular flexibility index (Phi) is 8.93. The van der Waals surface area contributed by atoms with Crippen LogP contribution >= 0.6 is 0 Å². The molecule has 3 saturated heterocycles. The molecule has 3 aliphatic rings. The van der Waals surface area contributed by atoms with Crippen molar-refractivity contribution in [3.63, 3.8) is 0 Å². The summed E-state index contributed by atoms with van der Waals surface area (Å²) in [5.74, 6) is -2.42. The van der Waals surface area contributed by atoms with Crippen LogP contribution in [0, 0.1) is 5.41 Å². The van der Waals surface area contributed by atoms with Gasteiger partial charge in [-0.1, -0.05) is 6.92 Å². The maximum Gasteiger partial charge on any atom is 0.490 e. The molecule has 0 aromatic carbocycles. The summed E-state index contributed by atoms with van der Waals surface area (Å²) in [4.78, 5) is 26.7. The van der Waals surface area contributed by atoms with E-state index in [9.17, 15) is 26.4 Å². The van der Waals surface area contributed by atoms with Gasteiger partial charge in [0.2, 0.25) is 15.9 Å². The van der Waals surface area contributed by atoms with Gasteiger partial charge in [-0.2, -0.15) is 13.2 Å². The molecule has 0 saturated carbocycles. The van der Waals surface area contributed by atoms with Gasteiger partial charge in [0, 0.05) is 32.2 Å². The van der Waals surface area contributed by atoms with E-state index in [2.05, 4.69) is 11.8 Å². The van der Waals surface area contributed by atoms with Crippen molar-refractivity contribution in [2.75, 3.05) is 58.2 Å². The van der Waals surface area contributed by atoms with Gasteiger partial charge in [0.25, 0.3) is 0 Å². The molecule has 3 aliphatic heterocycles. The van der Waals surface area contributed by atoms with Gasteiger partial charge in [-0.25, -0.2) is 17.5 Å². The quantitative estimate of drug-likeness (QED) is 0.631. The van der Waals surface area contributed by atoms with Crippen LogP contribution in [0.2, 0.25) is 0 Å². The van der Waals surface area contributed by atoms with Crippen molar-refractivity contribution < 1.29 is 41.0 Å². The number of morpholine rings is 1. The van der Waals surface area contributed by atoms with E-state index in [0.717, 1.165) is 25.9 Å². The first-order valence-electron chi connectivity index (χ1n) is 10.8. The van der Waals surface area contributed by atoms with E-state index >= 15 is 0 Å². The van der Waals surface area contributed by atoms with Gasteiger partial charge < -0.3 is 14.7 Å². The monoisotopic (exact) mass is 487 g/mol. The van der Waals surface area contributed by atoms with E-state index in [1.807, 2.05) is 4.90 Å². The molecule has 13 heteroatoms. The van der Waals surface area contributed by atoms with Crippen molar-refractivity contribution in [1.29, 1.82) is 0 Å². The van der Waals surface area contributed by atoms with Gasteiger partial charge in [0.05, 0.1) is 24.4 Å². The van der Waals surface area contributed by atoms with Gasteiger partial charge in [-0.3, -0.25) is 9.69 Å². The molecular formula is C19H32F3N3O6S. The fourth-order valence-corrected chi connectivity index (χ4v) is 5.86. The number of ether oxygens (including phenoxy) is 1. The lowest BCUT2D eigenvalue weighted by Crippen LogP contribution is -2.53. The maximum atomic E-state index is 13.5. The van der Waals surface area contributed by atoms with Crippen molar-refractivity contribution in [2.45, 2.75) is 45.3 Å². The Hall–Kier alpha value is -1.44. The Bertz CT molecular complexity index is 773. The number of alkyl halides is 3. The number of hydrogen-bond donors (Lipinski definition) is 1. The number of carboxylic acid groups (broad SMARTS) is 1. The van der Waals surface area contributed by atoms with Crippen LogP contribution in [0.15, 0.2) is 0 Å². The topological polar surface area (TPSA) is 107 Å². The highest BCUT2D eigenvalue weighted by Gasteiger charge is 2.54. The Morgan fingerprint density at radius 3 is 2.12 bits per heavy atom. The Morgan fingerprint density at radius 1 is 1.06 bits per heavy atom. The molecule has 32 heavy (non-hydrogen) atoms. The normalized spacial score (nSPS) is 27.8. The molecule has 0 unspecified atom stereocenters. The second-order valence-electron chi connectivity index (χ2n) is 8.10. The zero-order chi connectivity index (χ0) is 24.2. The molecule has 0 aromatic heterocycles. The molecule has 3 fully saturated rings. The average Bonchev–Trinajstić information content (AvgIpc) is 2.99. The molecule has 1 N–H and O–H groups in total. The third-order valence-electron chi connectivity index (χ3n) is 6.51. The summed E-state index contributed by atoms with van der Waals surface area (Å²) < 4.78 is 63.4. The van der Waals surface area contributed by atoms with Crippen molar-refractivity contribution in [3.8, 4) is 0 Å². The highest BCUT2D eigenvalue weighted by atomic mass is 32.2. The second kappa shape index (κ2) is 10.7. The number of fused-ring (bicyclic) bond motifs is 1. The van der Waals surface area contributed by atoms with Crippen molar-refractivity contribution in [1.82, 2.24) is 14.1 Å². The third kappa shape index (κ3) is 5.91. The number of rotatable bonds is 4. The van der Waals surface area contributed by atoms with Gasteiger partial charge >= 0.3 is 12.1 Å². The molecule has 0 radical (unpaired) electrons. The molecule has 186 valence electrons. The zero-order valence-corrected chi connectivity index (χ0v) is 19.3. The van der Waals surface area contributed by atoms with Crippen LogP contribution in [-0.4, -0.2) is 110 Å². The summed E-state index contributed by atoms with van der Waals surface area (Å²) in [7, 11) is -3.21. The predicted octanol–water partition coefficient (Wildman–Crippen LogP) is 1.00. The van der Waals surface area contributed by atoms with Crippen LogP contribution < -0.4 is 0 Å². The van der Waals surface area contributed by atoms with E-state index in [4.69, 9.17) is 14.6 Å². The summed E-state index contributed by atoms with van der Waals surface area (Å²) in [6, 6.07) is 0.143. The summed E-state index contributed by atoms with van der Waals surface area (Å²) >= 11 is 0. The summed E-state index contributed by atoms with van der Waals surface area (Å²) in [6.45, 7) is 9.12. The lowest BCUT2D eigenvalue weighted by atomic mass is 9.75. The van der Waals surface area contributed by atoms with Crippen molar-refractivity contribution in [3.05, 3.63) is 0 Å². The lowest BCUT2D eigenvalue weighted by molar-refractivity contribution is -0.192. The van der Waals surface area contributed by atoms with Gasteiger partial charge in [0.15, 0.2) is 0 Å². The molecule has 1 amide bonds. The van der Waals surface area contributed by atoms with E-state index in [1.54, 1.807) is 11.2 Å². The minimum absolute atomic E-state index is 0.125. The minimum Gasteiger partial charge on any atom is -0.475 e. The SMILES string of the molecule is CCN1CC[C@@]2(C(=O)N3CCOCC3)CCN(S(=O)(=O)CC)CC[C@@H]12.O=C(O)C(F)(F)F. The first-order chi connectivity index (χ1) is 14.9. The van der Waals surface area contributed by atoms with E-state index in [1.165, 1.54) is 0 Å². The van der Waals surface area contributed by atoms with E-state index in [0.29, 0.717) is 45.8 Å². The second-order valence-corrected chi connectivity index (χ2v) is 10.4. The van der Waals surface area contributed by atoms with Gasteiger partial charge in [-0.05, 0) is 39.3 Å². The number of sulfonamides is 1. The minimum atomic E-state index is -5.08. The standard InChI is InChI=1S/C17H31N3O4S.C2HF3O2/c1-3-18-9-6-17(16(21)19-11-13-24-14-12-19)7-10-20(8-5-15(17)18)25(22,23)4-2;3-2(4,5)1(6)7/h15H,3-14H2,1-2H3;(H,6,7)/t15-,17-;/m1./s1. The highest BCUT2D eigenvalue weighted by molar-refractivity contribution is 7.89. The first kappa shape index (κ1) is 26.8. The molecule has 0 bridgehead atoms. The van der Waals surface area contributed by atoms with Crippen LogP contribution in [0.3, 0.4) is 0 Å². The number of carbonyl (C=O) groups excluding carboxylic acids is 1. The summed E-state index contributed by atoms with van der Waals surface area (Å²) in [6.07, 6.45) is -2.88. The lowest BCUT2D eigenvalue weighted by Gasteiger charge is -2.40. The van der Waals surface area contributed by atoms with E-state index < -0.39 is 27.6 Å². The Balaban J connectivity index is 0.000000451. The zero-order valence-electron chi connectivity index (χ0n) is 18.4. The van der Waals surface area contributed by atoms with Crippen LogP contribution in [-0.2, 0) is 24.3 Å². The first-order valence-corrected chi connectivity index (χ1v) is 12.4. The molecule has 9 nitrogen and oxygen atoms in total. The maximum absolute atomic E-state index is 13.5. The average molecular weight is 488 g/mol. The van der Waals surface area contributed by atoms with Crippen LogP contribution in [0.25, 0.3) is 0 Å². The number of likely N-dealkylation sites (tertiary alicyclic amines) is 1. The Morgan fingerprint density at radius 2 is 1.62 bits per heavy atom. The molecular weight excluding hydrogens is 455 g/mol. The number of amides is 1. The predicted molar refractivity (Wildman–Crippen MR) is 109 cm³/mol. The van der Waals surface area contributed by atoms with Crippen LogP contribution in [0.4, 0.5) is 13.2 Å². The van der Waals surface area contributed by atoms with Gasteiger partial charge in [-0.15, -0.1) is 0 Å². The summed E-state index contributed by atoms with van der Waals surface area (Å²) in [5.41, 5.74) is -0.439. The molecule has 3 heterocycles. The highest BCUT2D eigenvalue weighted by Crippen LogP contribution is 2.45. The number of carbonyl (C=O) groups is 2. The molecule has 0 spiro atoms. The molecule has 2 atom stereocenters. The largest absolute Gasteiger partial charge is 0.490 e. The fourth-order valence-electron chi connectivity index (χ4n) is 4.74. The number of aliphatic carboxylic acids is 1. The fraction of sp³-hybridized carbons (Fsp3) is 0.895. The molecule has 0 aliphatic carbocycles. The van der Waals surface area contributed by atoms with E-state index in [-0.39, 0.29) is 17.7 Å². The summed E-state index contributed by atoms with van der Waals surface area (Å²) in [5, 5.41) is 7.12.